The predicted molar refractivity (Wildman–Crippen MR) is 119 cm³/mol. The average Bonchev–Trinajstić information content (AvgIpc) is 3.23. The van der Waals surface area contributed by atoms with Crippen LogP contribution in [0.4, 0.5) is 4.39 Å². The van der Waals surface area contributed by atoms with Gasteiger partial charge in [0, 0.05) is 60.9 Å². The van der Waals surface area contributed by atoms with E-state index in [2.05, 4.69) is 15.0 Å². The molecule has 2 aromatic heterocycles. The zero-order valence-electron chi connectivity index (χ0n) is 17.7. The highest BCUT2D eigenvalue weighted by atomic mass is 19.1. The van der Waals surface area contributed by atoms with Crippen LogP contribution in [0.2, 0.25) is 0 Å². The Balaban J connectivity index is 1.53. The molecule has 1 N–H and O–H groups in total. The number of aliphatic imine (C=N–C) groups is 1. The maximum absolute atomic E-state index is 13.7. The van der Waals surface area contributed by atoms with E-state index in [-0.39, 0.29) is 30.6 Å². The van der Waals surface area contributed by atoms with E-state index in [1.165, 1.54) is 19.3 Å². The molecule has 2 aliphatic rings. The van der Waals surface area contributed by atoms with E-state index in [0.717, 1.165) is 22.4 Å². The summed E-state index contributed by atoms with van der Waals surface area (Å²) in [6.07, 6.45) is 8.85. The number of hydrogen-bond donors (Lipinski definition) is 1. The van der Waals surface area contributed by atoms with Gasteiger partial charge in [0.2, 0.25) is 5.88 Å². The SMILES string of the molecule is COc1ccc(-c2cccnc2C(=O)N(CCO)CCC2=CN=C3CC=C(F)C=C23)cn1. The number of aliphatic hydroxyl groups excluding tert-OH is 1. The van der Waals surface area contributed by atoms with Crippen molar-refractivity contribution in [3.8, 4) is 17.0 Å². The standard InChI is InChI=1S/C24H23FN4O3/c1-32-22-7-4-16(15-28-22)19-3-2-9-26-23(19)24(31)29(11-12-30)10-8-17-14-27-21-6-5-18(25)13-20(17)21/h2-5,7,9,13-15,30H,6,8,10-12H2,1H3. The first-order valence-electron chi connectivity index (χ1n) is 10.3. The van der Waals surface area contributed by atoms with E-state index in [4.69, 9.17) is 4.74 Å². The third-order valence-electron chi connectivity index (χ3n) is 5.38. The van der Waals surface area contributed by atoms with Crippen LogP contribution in [0.3, 0.4) is 0 Å². The minimum absolute atomic E-state index is 0.157. The van der Waals surface area contributed by atoms with Crippen LogP contribution in [-0.4, -0.2) is 58.4 Å². The number of amides is 1. The van der Waals surface area contributed by atoms with Crippen molar-refractivity contribution >= 4 is 11.6 Å². The average molecular weight is 434 g/mol. The molecule has 2 aromatic rings. The van der Waals surface area contributed by atoms with Crippen LogP contribution in [-0.2, 0) is 0 Å². The normalized spacial score (nSPS) is 14.7. The summed E-state index contributed by atoms with van der Waals surface area (Å²) in [5, 5.41) is 9.55. The fourth-order valence-corrected chi connectivity index (χ4v) is 3.72. The maximum atomic E-state index is 13.7. The second-order valence-electron chi connectivity index (χ2n) is 7.34. The van der Waals surface area contributed by atoms with E-state index in [0.29, 0.717) is 30.8 Å². The van der Waals surface area contributed by atoms with Gasteiger partial charge in [0.1, 0.15) is 11.5 Å². The summed E-state index contributed by atoms with van der Waals surface area (Å²) < 4.78 is 18.8. The molecule has 0 bridgehead atoms. The van der Waals surface area contributed by atoms with Crippen LogP contribution in [0, 0.1) is 0 Å². The van der Waals surface area contributed by atoms with Crippen molar-refractivity contribution in [2.24, 2.45) is 4.99 Å². The molecule has 1 aliphatic heterocycles. The Hall–Kier alpha value is -3.65. The molecule has 1 amide bonds. The number of fused-ring (bicyclic) bond motifs is 1. The van der Waals surface area contributed by atoms with Crippen LogP contribution in [0.15, 0.2) is 77.0 Å². The predicted octanol–water partition coefficient (Wildman–Crippen LogP) is 3.50. The van der Waals surface area contributed by atoms with Crippen molar-refractivity contribution in [3.63, 3.8) is 0 Å². The van der Waals surface area contributed by atoms with Crippen LogP contribution >= 0.6 is 0 Å². The quantitative estimate of drug-likeness (QED) is 0.687. The van der Waals surface area contributed by atoms with Crippen molar-refractivity contribution in [3.05, 3.63) is 77.7 Å². The van der Waals surface area contributed by atoms with Gasteiger partial charge in [-0.15, -0.1) is 0 Å². The molecular weight excluding hydrogens is 411 g/mol. The lowest BCUT2D eigenvalue weighted by Gasteiger charge is -2.23. The number of rotatable bonds is 8. The first-order valence-corrected chi connectivity index (χ1v) is 10.3. The Morgan fingerprint density at radius 3 is 2.88 bits per heavy atom. The molecule has 1 aliphatic carbocycles. The van der Waals surface area contributed by atoms with Crippen molar-refractivity contribution < 1.29 is 19.0 Å². The Morgan fingerprint density at radius 1 is 1.25 bits per heavy atom. The number of pyridine rings is 2. The van der Waals surface area contributed by atoms with Crippen LogP contribution in [0.5, 0.6) is 5.88 Å². The lowest BCUT2D eigenvalue weighted by molar-refractivity contribution is 0.0719. The van der Waals surface area contributed by atoms with Gasteiger partial charge >= 0.3 is 0 Å². The third-order valence-corrected chi connectivity index (χ3v) is 5.38. The number of aromatic nitrogens is 2. The first kappa shape index (κ1) is 21.6. The van der Waals surface area contributed by atoms with Crippen LogP contribution in [0.25, 0.3) is 11.1 Å². The van der Waals surface area contributed by atoms with E-state index < -0.39 is 0 Å². The molecule has 0 aromatic carbocycles. The van der Waals surface area contributed by atoms with E-state index in [9.17, 15) is 14.3 Å². The number of allylic oxidation sites excluding steroid dienone is 4. The zero-order chi connectivity index (χ0) is 22.5. The van der Waals surface area contributed by atoms with Gasteiger partial charge in [-0.1, -0.05) is 6.07 Å². The molecule has 0 saturated heterocycles. The molecule has 3 heterocycles. The van der Waals surface area contributed by atoms with Crippen molar-refractivity contribution in [1.29, 1.82) is 0 Å². The Bertz CT molecular complexity index is 1140. The van der Waals surface area contributed by atoms with Crippen molar-refractivity contribution in [2.75, 3.05) is 26.8 Å². The highest BCUT2D eigenvalue weighted by Crippen LogP contribution is 2.30. The summed E-state index contributed by atoms with van der Waals surface area (Å²) in [7, 11) is 1.54. The van der Waals surface area contributed by atoms with Gasteiger partial charge in [0.25, 0.3) is 5.91 Å². The number of carbonyl (C=O) groups is 1. The van der Waals surface area contributed by atoms with Gasteiger partial charge in [-0.25, -0.2) is 9.37 Å². The summed E-state index contributed by atoms with van der Waals surface area (Å²) in [6, 6.07) is 7.10. The monoisotopic (exact) mass is 434 g/mol. The van der Waals surface area contributed by atoms with Gasteiger partial charge in [0.15, 0.2) is 0 Å². The molecule has 32 heavy (non-hydrogen) atoms. The molecule has 0 fully saturated rings. The molecule has 0 radical (unpaired) electrons. The molecular formula is C24H23FN4O3. The largest absolute Gasteiger partial charge is 0.481 e. The topological polar surface area (TPSA) is 87.9 Å². The fourth-order valence-electron chi connectivity index (χ4n) is 3.72. The van der Waals surface area contributed by atoms with E-state index in [1.54, 1.807) is 35.6 Å². The molecule has 0 unspecified atom stereocenters. The van der Waals surface area contributed by atoms with Gasteiger partial charge in [0.05, 0.1) is 19.4 Å². The Labute approximate surface area is 185 Å². The minimum atomic E-state index is -0.297. The molecule has 8 heteroatoms. The lowest BCUT2D eigenvalue weighted by atomic mass is 9.95. The summed E-state index contributed by atoms with van der Waals surface area (Å²) in [4.78, 5) is 27.8. The summed E-state index contributed by atoms with van der Waals surface area (Å²) >= 11 is 0. The summed E-state index contributed by atoms with van der Waals surface area (Å²) in [5.41, 5.74) is 4.14. The molecule has 0 saturated carbocycles. The van der Waals surface area contributed by atoms with Crippen LogP contribution < -0.4 is 4.74 Å². The molecule has 0 atom stereocenters. The second-order valence-corrected chi connectivity index (χ2v) is 7.34. The van der Waals surface area contributed by atoms with Crippen molar-refractivity contribution in [1.82, 2.24) is 14.9 Å². The van der Waals surface area contributed by atoms with Gasteiger partial charge < -0.3 is 14.7 Å². The second kappa shape index (κ2) is 9.65. The summed E-state index contributed by atoms with van der Waals surface area (Å²) in [5.74, 6) is -0.0997. The number of nitrogens with zero attached hydrogens (tertiary/aromatic N) is 4. The molecule has 0 spiro atoms. The number of ether oxygens (including phenoxy) is 1. The van der Waals surface area contributed by atoms with Crippen molar-refractivity contribution in [2.45, 2.75) is 12.8 Å². The molecule has 7 nitrogen and oxygen atoms in total. The number of methoxy groups -OCH3 is 1. The minimum Gasteiger partial charge on any atom is -0.481 e. The summed E-state index contributed by atoms with van der Waals surface area (Å²) in [6.45, 7) is 0.316. The first-order chi connectivity index (χ1) is 15.6. The molecule has 164 valence electrons. The van der Waals surface area contributed by atoms with E-state index >= 15 is 0 Å². The highest BCUT2D eigenvalue weighted by molar-refractivity contribution is 6.08. The number of carbonyl (C=O) groups excluding carboxylic acids is 1. The lowest BCUT2D eigenvalue weighted by Crippen LogP contribution is -2.35. The van der Waals surface area contributed by atoms with E-state index in [1.807, 2.05) is 12.1 Å². The number of hydrogen-bond acceptors (Lipinski definition) is 6. The smallest absolute Gasteiger partial charge is 0.273 e. The molecule has 4 rings (SSSR count). The zero-order valence-corrected chi connectivity index (χ0v) is 17.7. The van der Waals surface area contributed by atoms with Gasteiger partial charge in [-0.05, 0) is 36.3 Å². The maximum Gasteiger partial charge on any atom is 0.273 e. The van der Waals surface area contributed by atoms with Crippen LogP contribution in [0.1, 0.15) is 23.3 Å². The Kier molecular flexibility index (Phi) is 6.51. The third kappa shape index (κ3) is 4.50. The Morgan fingerprint density at radius 2 is 2.12 bits per heavy atom. The van der Waals surface area contributed by atoms with Gasteiger partial charge in [-0.3, -0.25) is 14.8 Å². The number of halogens is 1. The fraction of sp³-hybridized carbons (Fsp3) is 0.250. The number of aliphatic hydroxyl groups is 1. The highest BCUT2D eigenvalue weighted by Gasteiger charge is 2.24. The van der Waals surface area contributed by atoms with Gasteiger partial charge in [-0.2, -0.15) is 0 Å².